The first kappa shape index (κ1) is 33.1. The number of amides is 1. The summed E-state index contributed by atoms with van der Waals surface area (Å²) in [6.45, 7) is 1.79. The highest BCUT2D eigenvalue weighted by molar-refractivity contribution is 8.19. The third kappa shape index (κ3) is 7.42. The molecule has 1 aliphatic rings. The fraction of sp³-hybridized carbons (Fsp3) is 0.0968. The Bertz CT molecular complexity index is 1890. The highest BCUT2D eigenvalue weighted by atomic mass is 35.5. The Kier molecular flexibility index (Phi) is 9.82. The van der Waals surface area contributed by atoms with E-state index >= 15 is 0 Å². The van der Waals surface area contributed by atoms with Crippen molar-refractivity contribution < 1.29 is 32.4 Å². The molecule has 1 saturated heterocycles. The molecule has 0 aliphatic carbocycles. The van der Waals surface area contributed by atoms with Gasteiger partial charge in [0.2, 0.25) is 5.75 Å². The maximum atomic E-state index is 13.7. The van der Waals surface area contributed by atoms with Gasteiger partial charge in [-0.25, -0.2) is 4.99 Å². The Hall–Kier alpha value is -4.23. The molecule has 46 heavy (non-hydrogen) atoms. The molecule has 0 atom stereocenters. The molecule has 4 aromatic carbocycles. The lowest BCUT2D eigenvalue weighted by Crippen LogP contribution is -2.28. The highest BCUT2D eigenvalue weighted by Gasteiger charge is 2.36. The lowest BCUT2D eigenvalue weighted by molar-refractivity contribution is -0.385. The summed E-state index contributed by atoms with van der Waals surface area (Å²) in [7, 11) is 0. The number of hydrogen-bond donors (Lipinski definition) is 0. The summed E-state index contributed by atoms with van der Waals surface area (Å²) >= 11 is 19.7. The maximum absolute atomic E-state index is 13.7. The number of ether oxygens (including phenoxy) is 2. The van der Waals surface area contributed by atoms with E-state index in [4.69, 9.17) is 44.3 Å². The fourth-order valence-electron chi connectivity index (χ4n) is 4.21. The van der Waals surface area contributed by atoms with Crippen LogP contribution in [0.25, 0.3) is 6.08 Å². The number of nitro benzene ring substituents is 1. The number of thioether (sulfide) groups is 1. The Labute approximate surface area is 279 Å². The van der Waals surface area contributed by atoms with Crippen molar-refractivity contribution in [2.24, 2.45) is 4.99 Å². The summed E-state index contributed by atoms with van der Waals surface area (Å²) in [4.78, 5) is 30.7. The summed E-state index contributed by atoms with van der Waals surface area (Å²) in [6.07, 6.45) is -3.25. The molecule has 1 amide bonds. The zero-order valence-electron chi connectivity index (χ0n) is 23.3. The minimum atomic E-state index is -4.80. The van der Waals surface area contributed by atoms with E-state index in [0.717, 1.165) is 17.8 Å². The summed E-state index contributed by atoms with van der Waals surface area (Å²) in [5.41, 5.74) is -0.645. The first-order valence-corrected chi connectivity index (χ1v) is 15.1. The van der Waals surface area contributed by atoms with E-state index < -0.39 is 34.0 Å². The molecule has 0 N–H and O–H groups in total. The van der Waals surface area contributed by atoms with Crippen LogP contribution < -0.4 is 14.4 Å². The lowest BCUT2D eigenvalue weighted by atomic mass is 10.1. The lowest BCUT2D eigenvalue weighted by Gasteiger charge is -2.16. The van der Waals surface area contributed by atoms with E-state index in [1.807, 2.05) is 0 Å². The van der Waals surface area contributed by atoms with Crippen LogP contribution in [0, 0.1) is 10.1 Å². The van der Waals surface area contributed by atoms with Gasteiger partial charge in [0, 0.05) is 16.1 Å². The number of alkyl halides is 3. The van der Waals surface area contributed by atoms with Crippen LogP contribution in [-0.4, -0.2) is 22.6 Å². The van der Waals surface area contributed by atoms with Gasteiger partial charge in [-0.1, -0.05) is 34.8 Å². The van der Waals surface area contributed by atoms with Crippen molar-refractivity contribution in [1.82, 2.24) is 0 Å². The van der Waals surface area contributed by atoms with Crippen molar-refractivity contribution in [1.29, 1.82) is 0 Å². The normalized spacial score (nSPS) is 15.1. The number of benzene rings is 4. The second-order valence-corrected chi connectivity index (χ2v) is 11.7. The summed E-state index contributed by atoms with van der Waals surface area (Å²) in [5.74, 6) is -0.993. The number of rotatable bonds is 8. The van der Waals surface area contributed by atoms with Crippen LogP contribution in [0.15, 0.2) is 88.8 Å². The molecule has 0 unspecified atom stereocenters. The summed E-state index contributed by atoms with van der Waals surface area (Å²) in [6, 6.07) is 18.2. The number of hydrogen-bond acceptors (Lipinski definition) is 7. The molecular formula is C31H19Cl3F3N3O5S. The van der Waals surface area contributed by atoms with Crippen molar-refractivity contribution in [2.45, 2.75) is 13.1 Å². The standard InChI is InChI=1S/C31H19Cl3F3N3O5S/c1-2-44-26-14-17(13-23(34)28(26)45-25-12-3-18(31(35,36)37)16-24(25)40(42)43)15-27-29(41)39(22-10-6-20(33)7-11-22)30(46-27)38-21-8-4-19(32)5-9-21/h3-16H,2H2,1H3/b27-15-,38-30?. The van der Waals surface area contributed by atoms with Gasteiger partial charge < -0.3 is 9.47 Å². The van der Waals surface area contributed by atoms with Gasteiger partial charge in [-0.3, -0.25) is 19.8 Å². The van der Waals surface area contributed by atoms with E-state index in [1.165, 1.54) is 17.0 Å². The first-order chi connectivity index (χ1) is 21.8. The van der Waals surface area contributed by atoms with E-state index in [0.29, 0.717) is 44.3 Å². The number of carbonyl (C=O) groups is 1. The first-order valence-electron chi connectivity index (χ1n) is 13.2. The van der Waals surface area contributed by atoms with Crippen molar-refractivity contribution in [2.75, 3.05) is 11.5 Å². The van der Waals surface area contributed by atoms with Crippen molar-refractivity contribution >= 4 is 80.8 Å². The van der Waals surface area contributed by atoms with Gasteiger partial charge >= 0.3 is 11.9 Å². The minimum Gasteiger partial charge on any atom is -0.490 e. The van der Waals surface area contributed by atoms with Gasteiger partial charge in [-0.2, -0.15) is 13.2 Å². The van der Waals surface area contributed by atoms with Crippen molar-refractivity contribution in [3.8, 4) is 17.2 Å². The topological polar surface area (TPSA) is 94.3 Å². The third-order valence-electron chi connectivity index (χ3n) is 6.27. The quantitative estimate of drug-likeness (QED) is 0.103. The predicted molar refractivity (Wildman–Crippen MR) is 174 cm³/mol. The van der Waals surface area contributed by atoms with Crippen LogP contribution in [0.2, 0.25) is 15.1 Å². The molecule has 0 bridgehead atoms. The van der Waals surface area contributed by atoms with Crippen molar-refractivity contribution in [3.63, 3.8) is 0 Å². The van der Waals surface area contributed by atoms with Crippen LogP contribution in [0.3, 0.4) is 0 Å². The van der Waals surface area contributed by atoms with E-state index in [1.54, 1.807) is 61.5 Å². The number of halogens is 6. The fourth-order valence-corrected chi connectivity index (χ4v) is 5.72. The molecule has 0 spiro atoms. The predicted octanol–water partition coefficient (Wildman–Crippen LogP) is 10.6. The van der Waals surface area contributed by atoms with Crippen LogP contribution in [-0.2, 0) is 11.0 Å². The molecule has 8 nitrogen and oxygen atoms in total. The van der Waals surface area contributed by atoms with Crippen LogP contribution >= 0.6 is 46.6 Å². The number of carbonyl (C=O) groups excluding carboxylic acids is 1. The van der Waals surface area contributed by atoms with Gasteiger partial charge in [0.1, 0.15) is 0 Å². The van der Waals surface area contributed by atoms with Gasteiger partial charge in [0.05, 0.1) is 38.4 Å². The average molecular weight is 709 g/mol. The zero-order chi connectivity index (χ0) is 33.2. The highest BCUT2D eigenvalue weighted by Crippen LogP contribution is 2.45. The summed E-state index contributed by atoms with van der Waals surface area (Å²) in [5, 5.41) is 12.9. The summed E-state index contributed by atoms with van der Waals surface area (Å²) < 4.78 is 50.9. The molecule has 1 fully saturated rings. The van der Waals surface area contributed by atoms with Gasteiger partial charge in [-0.15, -0.1) is 0 Å². The van der Waals surface area contributed by atoms with Gasteiger partial charge in [-0.05, 0) is 103 Å². The number of aliphatic imine (C=N–C) groups is 1. The average Bonchev–Trinajstić information content (AvgIpc) is 3.29. The number of nitro groups is 1. The minimum absolute atomic E-state index is 0.0381. The second kappa shape index (κ2) is 13.6. The molecule has 15 heteroatoms. The van der Waals surface area contributed by atoms with Crippen molar-refractivity contribution in [3.05, 3.63) is 120 Å². The number of amidine groups is 1. The molecule has 1 heterocycles. The maximum Gasteiger partial charge on any atom is 0.416 e. The molecule has 0 radical (unpaired) electrons. The molecule has 0 aromatic heterocycles. The molecule has 4 aromatic rings. The van der Waals surface area contributed by atoms with Gasteiger partial charge in [0.15, 0.2) is 16.7 Å². The molecule has 1 aliphatic heterocycles. The molecule has 236 valence electrons. The molecule has 5 rings (SSSR count). The van der Waals surface area contributed by atoms with Gasteiger partial charge in [0.25, 0.3) is 5.91 Å². The Morgan fingerprint density at radius 3 is 2.22 bits per heavy atom. The zero-order valence-corrected chi connectivity index (χ0v) is 26.4. The van der Waals surface area contributed by atoms with E-state index in [9.17, 15) is 28.1 Å². The van der Waals surface area contributed by atoms with E-state index in [2.05, 4.69) is 4.99 Å². The molecular weight excluding hydrogens is 690 g/mol. The SMILES string of the molecule is CCOc1cc(/C=C2\SC(=Nc3ccc(Cl)cc3)N(c3ccc(Cl)cc3)C2=O)cc(Cl)c1Oc1ccc(C(F)(F)F)cc1[N+](=O)[O-]. The van der Waals surface area contributed by atoms with Crippen LogP contribution in [0.1, 0.15) is 18.1 Å². The number of anilines is 1. The smallest absolute Gasteiger partial charge is 0.416 e. The van der Waals surface area contributed by atoms with Crippen LogP contribution in [0.5, 0.6) is 17.2 Å². The van der Waals surface area contributed by atoms with E-state index in [-0.39, 0.29) is 28.0 Å². The Morgan fingerprint density at radius 1 is 0.957 bits per heavy atom. The Balaban J connectivity index is 1.53. The largest absolute Gasteiger partial charge is 0.490 e. The Morgan fingerprint density at radius 2 is 1.61 bits per heavy atom. The monoisotopic (exact) mass is 707 g/mol. The third-order valence-corrected chi connectivity index (χ3v) is 8.02. The molecule has 0 saturated carbocycles. The number of nitrogens with zero attached hydrogens (tertiary/aromatic N) is 3. The second-order valence-electron chi connectivity index (χ2n) is 9.40. The van der Waals surface area contributed by atoms with Crippen LogP contribution in [0.4, 0.5) is 30.2 Å².